The van der Waals surface area contributed by atoms with E-state index in [-0.39, 0.29) is 12.0 Å². The zero-order chi connectivity index (χ0) is 15.7. The van der Waals surface area contributed by atoms with Crippen LogP contribution in [-0.2, 0) is 12.6 Å². The van der Waals surface area contributed by atoms with Gasteiger partial charge in [-0.05, 0) is 36.0 Å². The molecule has 0 fully saturated rings. The van der Waals surface area contributed by atoms with Crippen molar-refractivity contribution in [1.82, 2.24) is 9.97 Å². The van der Waals surface area contributed by atoms with E-state index in [1.54, 1.807) is 0 Å². The molecular weight excluding hydrogens is 291 g/mol. The smallest absolute Gasteiger partial charge is 0.347 e. The number of fused-ring (bicyclic) bond motifs is 1. The molecule has 0 amide bonds. The minimum absolute atomic E-state index is 0.0170. The molecule has 0 saturated heterocycles. The van der Waals surface area contributed by atoms with Crippen LogP contribution in [0.25, 0.3) is 0 Å². The quantitative estimate of drug-likeness (QED) is 0.902. The molecule has 0 spiro atoms. The van der Waals surface area contributed by atoms with Crippen molar-refractivity contribution in [1.29, 1.82) is 0 Å². The fraction of sp³-hybridized carbons (Fsp3) is 0.375. The molecule has 1 N–H and O–H groups in total. The Balaban J connectivity index is 1.90. The molecule has 116 valence electrons. The summed E-state index contributed by atoms with van der Waals surface area (Å²) in [4.78, 5) is 7.53. The Morgan fingerprint density at radius 3 is 2.73 bits per heavy atom. The normalized spacial score (nSPS) is 21.3. The van der Waals surface area contributed by atoms with Gasteiger partial charge in [0.05, 0.1) is 6.04 Å². The number of aromatic nitrogens is 2. The summed E-state index contributed by atoms with van der Waals surface area (Å²) in [5, 5.41) is 3.08. The second kappa shape index (κ2) is 5.59. The minimum atomic E-state index is -4.46. The van der Waals surface area contributed by atoms with Crippen LogP contribution in [0.4, 0.5) is 19.1 Å². The molecule has 22 heavy (non-hydrogen) atoms. The summed E-state index contributed by atoms with van der Waals surface area (Å²) in [5.74, 6) is 0.316. The van der Waals surface area contributed by atoms with Gasteiger partial charge in [-0.25, -0.2) is 9.97 Å². The summed E-state index contributed by atoms with van der Waals surface area (Å²) in [5.41, 5.74) is 1.41. The van der Waals surface area contributed by atoms with Crippen molar-refractivity contribution >= 4 is 5.95 Å². The van der Waals surface area contributed by atoms with Crippen LogP contribution in [0.1, 0.15) is 36.2 Å². The predicted octanol–water partition coefficient (Wildman–Crippen LogP) is 4.23. The fourth-order valence-electron chi connectivity index (χ4n) is 2.87. The van der Waals surface area contributed by atoms with E-state index in [2.05, 4.69) is 28.3 Å². The first-order valence-corrected chi connectivity index (χ1v) is 7.20. The molecule has 1 aromatic heterocycles. The van der Waals surface area contributed by atoms with Crippen molar-refractivity contribution in [2.45, 2.75) is 32.0 Å². The van der Waals surface area contributed by atoms with Crippen molar-refractivity contribution in [3.8, 4) is 0 Å². The van der Waals surface area contributed by atoms with Crippen LogP contribution >= 0.6 is 0 Å². The van der Waals surface area contributed by atoms with Crippen LogP contribution in [0.5, 0.6) is 0 Å². The monoisotopic (exact) mass is 307 g/mol. The Bertz CT molecular complexity index is 670. The third-order valence-corrected chi connectivity index (χ3v) is 4.06. The van der Waals surface area contributed by atoms with E-state index in [1.807, 2.05) is 18.2 Å². The molecular formula is C16H16F3N3. The Morgan fingerprint density at radius 1 is 1.18 bits per heavy atom. The molecule has 0 aliphatic heterocycles. The number of benzene rings is 1. The van der Waals surface area contributed by atoms with Gasteiger partial charge in [0.15, 0.2) is 0 Å². The van der Waals surface area contributed by atoms with Crippen molar-refractivity contribution in [2.75, 3.05) is 5.32 Å². The zero-order valence-electron chi connectivity index (χ0n) is 12.1. The molecule has 0 radical (unpaired) electrons. The molecule has 2 unspecified atom stereocenters. The van der Waals surface area contributed by atoms with Gasteiger partial charge >= 0.3 is 6.18 Å². The molecule has 0 saturated carbocycles. The lowest BCUT2D eigenvalue weighted by atomic mass is 9.81. The highest BCUT2D eigenvalue weighted by atomic mass is 19.4. The summed E-state index contributed by atoms with van der Waals surface area (Å²) in [6, 6.07) is 8.79. The van der Waals surface area contributed by atoms with Gasteiger partial charge in [-0.1, -0.05) is 31.2 Å². The summed E-state index contributed by atoms with van der Waals surface area (Å²) >= 11 is 0. The topological polar surface area (TPSA) is 37.8 Å². The second-order valence-electron chi connectivity index (χ2n) is 5.60. The number of anilines is 1. The van der Waals surface area contributed by atoms with Crippen LogP contribution in [-0.4, -0.2) is 9.97 Å². The van der Waals surface area contributed by atoms with Crippen LogP contribution in [0, 0.1) is 5.92 Å². The van der Waals surface area contributed by atoms with Crippen LogP contribution < -0.4 is 5.32 Å². The number of nitrogens with one attached hydrogen (secondary N) is 1. The lowest BCUT2D eigenvalue weighted by Gasteiger charge is -2.32. The van der Waals surface area contributed by atoms with Gasteiger partial charge in [-0.15, -0.1) is 0 Å². The highest BCUT2D eigenvalue weighted by Crippen LogP contribution is 2.36. The lowest BCUT2D eigenvalue weighted by Crippen LogP contribution is -2.26. The van der Waals surface area contributed by atoms with E-state index in [0.29, 0.717) is 5.92 Å². The minimum Gasteiger partial charge on any atom is -0.347 e. The van der Waals surface area contributed by atoms with Gasteiger partial charge in [0, 0.05) is 6.20 Å². The standard InChI is InChI=1S/C16H16F3N3/c1-10-6-7-11-4-2-3-5-12(11)14(10)22-15-20-9-8-13(21-15)16(17,18)19/h2-5,8-10,14H,6-7H2,1H3,(H,20,21,22). The maximum absolute atomic E-state index is 12.7. The number of aryl methyl sites for hydroxylation is 1. The maximum atomic E-state index is 12.7. The first kappa shape index (κ1) is 14.8. The SMILES string of the molecule is CC1CCc2ccccc2C1Nc1nccc(C(F)(F)F)n1. The number of nitrogens with zero attached hydrogens (tertiary/aromatic N) is 2. The molecule has 3 nitrogen and oxygen atoms in total. The third-order valence-electron chi connectivity index (χ3n) is 4.06. The van der Waals surface area contributed by atoms with E-state index < -0.39 is 11.9 Å². The molecule has 3 rings (SSSR count). The molecule has 2 atom stereocenters. The molecule has 1 aromatic carbocycles. The second-order valence-corrected chi connectivity index (χ2v) is 5.60. The van der Waals surface area contributed by atoms with E-state index >= 15 is 0 Å². The number of rotatable bonds is 2. The zero-order valence-corrected chi connectivity index (χ0v) is 12.1. The number of hydrogen-bond acceptors (Lipinski definition) is 3. The van der Waals surface area contributed by atoms with Gasteiger partial charge in [0.25, 0.3) is 0 Å². The van der Waals surface area contributed by atoms with Crippen molar-refractivity contribution in [3.63, 3.8) is 0 Å². The van der Waals surface area contributed by atoms with E-state index in [1.165, 1.54) is 5.56 Å². The van der Waals surface area contributed by atoms with Gasteiger partial charge < -0.3 is 5.32 Å². The van der Waals surface area contributed by atoms with E-state index in [9.17, 15) is 13.2 Å². The van der Waals surface area contributed by atoms with E-state index in [4.69, 9.17) is 0 Å². The van der Waals surface area contributed by atoms with E-state index in [0.717, 1.165) is 30.7 Å². The number of halogens is 3. The molecule has 1 aliphatic rings. The Kier molecular flexibility index (Phi) is 3.76. The largest absolute Gasteiger partial charge is 0.433 e. The molecule has 2 aromatic rings. The summed E-state index contributed by atoms with van der Waals surface area (Å²) in [6.07, 6.45) is -1.36. The maximum Gasteiger partial charge on any atom is 0.433 e. The lowest BCUT2D eigenvalue weighted by molar-refractivity contribution is -0.141. The van der Waals surface area contributed by atoms with Crippen molar-refractivity contribution < 1.29 is 13.2 Å². The van der Waals surface area contributed by atoms with Crippen LogP contribution in [0.3, 0.4) is 0 Å². The molecule has 1 heterocycles. The first-order chi connectivity index (χ1) is 10.4. The Labute approximate surface area is 126 Å². The van der Waals surface area contributed by atoms with Crippen LogP contribution in [0.2, 0.25) is 0 Å². The van der Waals surface area contributed by atoms with Gasteiger partial charge in [-0.3, -0.25) is 0 Å². The Hall–Kier alpha value is -2.11. The number of alkyl halides is 3. The highest BCUT2D eigenvalue weighted by molar-refractivity contribution is 5.39. The summed E-state index contributed by atoms with van der Waals surface area (Å²) in [6.45, 7) is 2.08. The third kappa shape index (κ3) is 2.91. The van der Waals surface area contributed by atoms with Gasteiger partial charge in [0.1, 0.15) is 5.69 Å². The van der Waals surface area contributed by atoms with Gasteiger partial charge in [0.2, 0.25) is 5.95 Å². The summed E-state index contributed by atoms with van der Waals surface area (Å²) in [7, 11) is 0. The number of hydrogen-bond donors (Lipinski definition) is 1. The average molecular weight is 307 g/mol. The molecule has 1 aliphatic carbocycles. The van der Waals surface area contributed by atoms with Crippen molar-refractivity contribution in [3.05, 3.63) is 53.3 Å². The van der Waals surface area contributed by atoms with Crippen molar-refractivity contribution in [2.24, 2.45) is 5.92 Å². The average Bonchev–Trinajstić information content (AvgIpc) is 2.50. The summed E-state index contributed by atoms with van der Waals surface area (Å²) < 4.78 is 38.2. The Morgan fingerprint density at radius 2 is 1.95 bits per heavy atom. The molecule has 6 heteroatoms. The molecule has 0 bridgehead atoms. The fourth-order valence-corrected chi connectivity index (χ4v) is 2.87. The predicted molar refractivity (Wildman–Crippen MR) is 77.3 cm³/mol. The first-order valence-electron chi connectivity index (χ1n) is 7.20. The van der Waals surface area contributed by atoms with Gasteiger partial charge in [-0.2, -0.15) is 13.2 Å². The van der Waals surface area contributed by atoms with Crippen LogP contribution in [0.15, 0.2) is 36.5 Å². The highest BCUT2D eigenvalue weighted by Gasteiger charge is 2.33.